The lowest BCUT2D eigenvalue weighted by atomic mass is 9.92. The lowest BCUT2D eigenvalue weighted by Gasteiger charge is -2.12. The SMILES string of the molecule is Cc1ccccc1C(C)C(=O)Cc1nnc(CCSCCc2nnc(NC(=O)C(C)c3ccccc3Cl)s2)s1. The van der Waals surface area contributed by atoms with Gasteiger partial charge in [0.25, 0.3) is 0 Å². The Morgan fingerprint density at radius 1 is 0.846 bits per heavy atom. The van der Waals surface area contributed by atoms with Crippen LogP contribution in [0.2, 0.25) is 5.02 Å². The fourth-order valence-electron chi connectivity index (χ4n) is 4.02. The van der Waals surface area contributed by atoms with Gasteiger partial charge in [0, 0.05) is 23.8 Å². The third-order valence-corrected chi connectivity index (χ3v) is 9.57. The molecule has 7 nitrogen and oxygen atoms in total. The predicted molar refractivity (Wildman–Crippen MR) is 161 cm³/mol. The molecule has 1 N–H and O–H groups in total. The average molecular weight is 600 g/mol. The number of hydrogen-bond acceptors (Lipinski definition) is 9. The molecule has 0 bridgehead atoms. The van der Waals surface area contributed by atoms with Crippen LogP contribution in [0.15, 0.2) is 48.5 Å². The molecule has 4 rings (SSSR count). The Morgan fingerprint density at radius 2 is 1.46 bits per heavy atom. The van der Waals surface area contributed by atoms with Crippen molar-refractivity contribution in [3.63, 3.8) is 0 Å². The van der Waals surface area contributed by atoms with E-state index in [4.69, 9.17) is 11.6 Å². The van der Waals surface area contributed by atoms with Crippen molar-refractivity contribution >= 4 is 62.9 Å². The highest BCUT2D eigenvalue weighted by molar-refractivity contribution is 7.99. The Labute approximate surface area is 245 Å². The van der Waals surface area contributed by atoms with E-state index in [0.29, 0.717) is 16.6 Å². The molecule has 0 radical (unpaired) electrons. The van der Waals surface area contributed by atoms with Gasteiger partial charge in [0.15, 0.2) is 0 Å². The van der Waals surface area contributed by atoms with Crippen molar-refractivity contribution in [2.24, 2.45) is 0 Å². The van der Waals surface area contributed by atoms with Crippen LogP contribution in [-0.2, 0) is 28.9 Å². The van der Waals surface area contributed by atoms with E-state index in [1.165, 1.54) is 22.7 Å². The summed E-state index contributed by atoms with van der Waals surface area (Å²) in [5, 5.41) is 23.4. The molecular weight excluding hydrogens is 570 g/mol. The van der Waals surface area contributed by atoms with Gasteiger partial charge in [-0.05, 0) is 48.1 Å². The zero-order chi connectivity index (χ0) is 27.8. The zero-order valence-corrected chi connectivity index (χ0v) is 25.2. The number of rotatable bonds is 13. The summed E-state index contributed by atoms with van der Waals surface area (Å²) in [6, 6.07) is 15.3. The number of benzene rings is 2. The predicted octanol–water partition coefficient (Wildman–Crippen LogP) is 6.53. The number of aromatic nitrogens is 4. The molecule has 2 heterocycles. The number of hydrogen-bond donors (Lipinski definition) is 1. The highest BCUT2D eigenvalue weighted by atomic mass is 35.5. The maximum absolute atomic E-state index is 12.8. The van der Waals surface area contributed by atoms with E-state index in [1.54, 1.807) is 17.8 Å². The first-order valence-corrected chi connectivity index (χ1v) is 15.8. The number of nitrogens with zero attached hydrogens (tertiary/aromatic N) is 4. The lowest BCUT2D eigenvalue weighted by Crippen LogP contribution is -2.19. The van der Waals surface area contributed by atoms with Gasteiger partial charge in [-0.1, -0.05) is 72.3 Å². The van der Waals surface area contributed by atoms with Gasteiger partial charge in [-0.15, -0.1) is 31.7 Å². The van der Waals surface area contributed by atoms with Crippen molar-refractivity contribution in [2.75, 3.05) is 16.8 Å². The van der Waals surface area contributed by atoms with Crippen LogP contribution in [0.5, 0.6) is 0 Å². The number of carbonyl (C=O) groups is 2. The van der Waals surface area contributed by atoms with Crippen LogP contribution in [0.3, 0.4) is 0 Å². The third kappa shape index (κ3) is 8.17. The van der Waals surface area contributed by atoms with Crippen molar-refractivity contribution in [1.29, 1.82) is 0 Å². The molecule has 2 aromatic heterocycles. The molecule has 2 unspecified atom stereocenters. The summed E-state index contributed by atoms with van der Waals surface area (Å²) in [5.74, 6) is 1.23. The summed E-state index contributed by atoms with van der Waals surface area (Å²) >= 11 is 10.9. The van der Waals surface area contributed by atoms with E-state index in [-0.39, 0.29) is 17.6 Å². The van der Waals surface area contributed by atoms with Crippen molar-refractivity contribution in [3.8, 4) is 0 Å². The molecule has 2 atom stereocenters. The van der Waals surface area contributed by atoms with Crippen LogP contribution in [0, 0.1) is 6.92 Å². The van der Waals surface area contributed by atoms with Crippen LogP contribution in [0.1, 0.15) is 57.4 Å². The van der Waals surface area contributed by atoms with Crippen molar-refractivity contribution in [1.82, 2.24) is 20.4 Å². The number of nitrogens with one attached hydrogen (secondary N) is 1. The third-order valence-electron chi connectivity index (χ3n) is 6.35. The van der Waals surface area contributed by atoms with E-state index in [2.05, 4.69) is 25.7 Å². The van der Waals surface area contributed by atoms with Crippen LogP contribution in [0.25, 0.3) is 0 Å². The summed E-state index contributed by atoms with van der Waals surface area (Å²) in [6.45, 7) is 5.81. The Morgan fingerprint density at radius 3 is 2.18 bits per heavy atom. The monoisotopic (exact) mass is 599 g/mol. The first-order chi connectivity index (χ1) is 18.8. The molecule has 11 heteroatoms. The summed E-state index contributed by atoms with van der Waals surface area (Å²) in [5.41, 5.74) is 2.98. The topological polar surface area (TPSA) is 97.7 Å². The molecule has 1 amide bonds. The quantitative estimate of drug-likeness (QED) is 0.175. The normalized spacial score (nSPS) is 12.7. The van der Waals surface area contributed by atoms with Gasteiger partial charge in [-0.3, -0.25) is 9.59 Å². The molecule has 0 spiro atoms. The van der Waals surface area contributed by atoms with E-state index in [0.717, 1.165) is 56.1 Å². The Bertz CT molecular complexity index is 1320. The van der Waals surface area contributed by atoms with Gasteiger partial charge in [0.05, 0.1) is 12.3 Å². The van der Waals surface area contributed by atoms with Crippen molar-refractivity contribution in [2.45, 2.75) is 51.9 Å². The van der Waals surface area contributed by atoms with Crippen molar-refractivity contribution < 1.29 is 9.59 Å². The molecule has 204 valence electrons. The zero-order valence-electron chi connectivity index (χ0n) is 22.0. The van der Waals surface area contributed by atoms with Gasteiger partial charge < -0.3 is 5.32 Å². The first-order valence-electron chi connectivity index (χ1n) is 12.7. The fraction of sp³-hybridized carbons (Fsp3) is 0.357. The van der Waals surface area contributed by atoms with Gasteiger partial charge >= 0.3 is 0 Å². The number of anilines is 1. The Hall–Kier alpha value is -2.66. The standard InChI is InChI=1S/C28H30ClN5O2S3/c1-17-8-4-5-9-20(17)18(2)23(35)16-26-33-31-24(38-26)12-14-37-15-13-25-32-34-28(39-25)30-27(36)19(3)21-10-6-7-11-22(21)29/h4-11,18-19H,12-16H2,1-3H3,(H,30,34,36). The van der Waals surface area contributed by atoms with Gasteiger partial charge in [-0.2, -0.15) is 11.8 Å². The minimum Gasteiger partial charge on any atom is -0.300 e. The Kier molecular flexibility index (Phi) is 10.6. The molecule has 0 saturated carbocycles. The average Bonchev–Trinajstić information content (AvgIpc) is 3.57. The molecular formula is C28H30ClN5O2S3. The number of thioether (sulfide) groups is 1. The lowest BCUT2D eigenvalue weighted by molar-refractivity contribution is -0.119. The maximum Gasteiger partial charge on any atom is 0.233 e. The molecule has 0 aliphatic rings. The van der Waals surface area contributed by atoms with Gasteiger partial charge in [0.2, 0.25) is 11.0 Å². The summed E-state index contributed by atoms with van der Waals surface area (Å²) in [6.07, 6.45) is 1.89. The number of Topliss-reactive ketones (excluding diaryl/α,β-unsaturated/α-hetero) is 1. The second kappa shape index (κ2) is 14.1. The van der Waals surface area contributed by atoms with Crippen LogP contribution in [0.4, 0.5) is 5.13 Å². The molecule has 39 heavy (non-hydrogen) atoms. The van der Waals surface area contributed by atoms with Crippen molar-refractivity contribution in [3.05, 3.63) is 85.3 Å². The summed E-state index contributed by atoms with van der Waals surface area (Å²) < 4.78 is 0. The number of amides is 1. The molecule has 0 aliphatic carbocycles. The van der Waals surface area contributed by atoms with Crippen LogP contribution < -0.4 is 5.32 Å². The molecule has 2 aromatic carbocycles. The minimum absolute atomic E-state index is 0.158. The summed E-state index contributed by atoms with van der Waals surface area (Å²) in [7, 11) is 0. The van der Waals surface area contributed by atoms with Crippen LogP contribution >= 0.6 is 46.0 Å². The van der Waals surface area contributed by atoms with E-state index in [1.807, 2.05) is 63.2 Å². The smallest absolute Gasteiger partial charge is 0.233 e. The second-order valence-electron chi connectivity index (χ2n) is 9.16. The number of aryl methyl sites for hydroxylation is 3. The number of halogens is 1. The van der Waals surface area contributed by atoms with Gasteiger partial charge in [0.1, 0.15) is 20.8 Å². The van der Waals surface area contributed by atoms with E-state index in [9.17, 15) is 9.59 Å². The molecule has 0 aliphatic heterocycles. The fourth-order valence-corrected chi connectivity index (χ4v) is 7.05. The number of ketones is 1. The van der Waals surface area contributed by atoms with Gasteiger partial charge in [-0.25, -0.2) is 0 Å². The highest BCUT2D eigenvalue weighted by Crippen LogP contribution is 2.27. The first kappa shape index (κ1) is 29.3. The minimum atomic E-state index is -0.392. The molecule has 0 saturated heterocycles. The Balaban J connectivity index is 1.16. The highest BCUT2D eigenvalue weighted by Gasteiger charge is 2.20. The van der Waals surface area contributed by atoms with E-state index < -0.39 is 5.92 Å². The second-order valence-corrected chi connectivity index (χ2v) is 13.0. The maximum atomic E-state index is 12.8. The summed E-state index contributed by atoms with van der Waals surface area (Å²) in [4.78, 5) is 25.4. The number of carbonyl (C=O) groups excluding carboxylic acids is 2. The van der Waals surface area contributed by atoms with E-state index >= 15 is 0 Å². The molecule has 0 fully saturated rings. The molecule has 4 aromatic rings. The largest absolute Gasteiger partial charge is 0.300 e. The van der Waals surface area contributed by atoms with Crippen LogP contribution in [-0.4, -0.2) is 43.6 Å².